The number of halogens is 1. The Kier molecular flexibility index (Phi) is 5.02. The minimum Gasteiger partial charge on any atom is -0.365 e. The van der Waals surface area contributed by atoms with Crippen LogP contribution in [0.15, 0.2) is 0 Å². The van der Waals surface area contributed by atoms with Crippen LogP contribution in [0.4, 0.5) is 0 Å². The first-order valence-electron chi connectivity index (χ1n) is 5.90. The molecule has 2 heterocycles. The minimum atomic E-state index is -0.194. The highest BCUT2D eigenvalue weighted by Gasteiger charge is 2.34. The fraction of sp³-hybridized carbons (Fsp3) is 0.909. The first kappa shape index (κ1) is 13.7. The second-order valence-corrected chi connectivity index (χ2v) is 4.57. The van der Waals surface area contributed by atoms with Crippen molar-refractivity contribution in [1.82, 2.24) is 4.90 Å². The lowest BCUT2D eigenvalue weighted by atomic mass is 10.1. The summed E-state index contributed by atoms with van der Waals surface area (Å²) in [6.45, 7) is 3.61. The van der Waals surface area contributed by atoms with Crippen LogP contribution in [-0.2, 0) is 9.53 Å². The molecule has 2 N–H and O–H groups in total. The second kappa shape index (κ2) is 5.84. The fourth-order valence-electron chi connectivity index (χ4n) is 2.38. The third-order valence-corrected chi connectivity index (χ3v) is 3.37. The molecule has 3 atom stereocenters. The van der Waals surface area contributed by atoms with Gasteiger partial charge < -0.3 is 15.4 Å². The summed E-state index contributed by atoms with van der Waals surface area (Å²) in [6.07, 6.45) is 3.92. The standard InChI is InChI=1S/C11H20N2O2.ClH/c1-2-9-3-4-10(15-9)11(14)13-6-5-8(12)7-13;/h8-10H,2-7,12H2,1H3;1H/t8-,9?,10?;/m0./s1. The molecule has 2 fully saturated rings. The molecule has 94 valence electrons. The number of hydrogen-bond acceptors (Lipinski definition) is 3. The Labute approximate surface area is 103 Å². The van der Waals surface area contributed by atoms with Gasteiger partial charge in [0, 0.05) is 19.1 Å². The van der Waals surface area contributed by atoms with E-state index in [0.717, 1.165) is 32.2 Å². The van der Waals surface area contributed by atoms with Gasteiger partial charge in [-0.2, -0.15) is 0 Å². The Morgan fingerprint density at radius 3 is 2.69 bits per heavy atom. The van der Waals surface area contributed by atoms with E-state index < -0.39 is 0 Å². The van der Waals surface area contributed by atoms with Crippen molar-refractivity contribution in [2.45, 2.75) is 50.9 Å². The van der Waals surface area contributed by atoms with Crippen LogP contribution < -0.4 is 5.73 Å². The minimum absolute atomic E-state index is 0. The molecule has 0 saturated carbocycles. The number of nitrogens with zero attached hydrogens (tertiary/aromatic N) is 1. The number of likely N-dealkylation sites (tertiary alicyclic amines) is 1. The molecule has 2 unspecified atom stereocenters. The summed E-state index contributed by atoms with van der Waals surface area (Å²) in [5, 5.41) is 0. The Bertz CT molecular complexity index is 250. The lowest BCUT2D eigenvalue weighted by molar-refractivity contribution is -0.141. The van der Waals surface area contributed by atoms with Gasteiger partial charge in [-0.15, -0.1) is 12.4 Å². The second-order valence-electron chi connectivity index (χ2n) is 4.57. The lowest BCUT2D eigenvalue weighted by Gasteiger charge is -2.20. The van der Waals surface area contributed by atoms with Gasteiger partial charge in [0.05, 0.1) is 6.10 Å². The van der Waals surface area contributed by atoms with Crippen molar-refractivity contribution in [3.8, 4) is 0 Å². The molecule has 16 heavy (non-hydrogen) atoms. The van der Waals surface area contributed by atoms with Gasteiger partial charge in [-0.3, -0.25) is 4.79 Å². The summed E-state index contributed by atoms with van der Waals surface area (Å²) in [5.74, 6) is 0.152. The lowest BCUT2D eigenvalue weighted by Crippen LogP contribution is -2.39. The van der Waals surface area contributed by atoms with Crippen molar-refractivity contribution in [2.75, 3.05) is 13.1 Å². The van der Waals surface area contributed by atoms with E-state index in [1.165, 1.54) is 0 Å². The predicted octanol–water partition coefficient (Wildman–Crippen LogP) is 0.925. The summed E-state index contributed by atoms with van der Waals surface area (Å²) < 4.78 is 5.69. The molecule has 4 nitrogen and oxygen atoms in total. The van der Waals surface area contributed by atoms with Crippen molar-refractivity contribution >= 4 is 18.3 Å². The summed E-state index contributed by atoms with van der Waals surface area (Å²) >= 11 is 0. The molecule has 0 aromatic heterocycles. The van der Waals surface area contributed by atoms with Gasteiger partial charge in [-0.05, 0) is 25.7 Å². The molecule has 0 aromatic carbocycles. The molecule has 5 heteroatoms. The number of hydrogen-bond donors (Lipinski definition) is 1. The highest BCUT2D eigenvalue weighted by Crippen LogP contribution is 2.24. The monoisotopic (exact) mass is 248 g/mol. The Balaban J connectivity index is 0.00000128. The van der Waals surface area contributed by atoms with Gasteiger partial charge in [0.15, 0.2) is 0 Å². The number of carbonyl (C=O) groups is 1. The molecule has 2 aliphatic rings. The van der Waals surface area contributed by atoms with E-state index in [0.29, 0.717) is 6.54 Å². The van der Waals surface area contributed by atoms with Crippen LogP contribution in [0, 0.1) is 0 Å². The molecular weight excluding hydrogens is 228 g/mol. The first-order chi connectivity index (χ1) is 7.20. The zero-order chi connectivity index (χ0) is 10.8. The van der Waals surface area contributed by atoms with Crippen LogP contribution in [0.25, 0.3) is 0 Å². The number of ether oxygens (including phenoxy) is 1. The number of carbonyl (C=O) groups excluding carboxylic acids is 1. The van der Waals surface area contributed by atoms with E-state index in [2.05, 4.69) is 6.92 Å². The van der Waals surface area contributed by atoms with Gasteiger partial charge in [-0.1, -0.05) is 6.92 Å². The van der Waals surface area contributed by atoms with Gasteiger partial charge in [-0.25, -0.2) is 0 Å². The zero-order valence-electron chi connectivity index (χ0n) is 9.72. The third-order valence-electron chi connectivity index (χ3n) is 3.37. The van der Waals surface area contributed by atoms with E-state index in [1.807, 2.05) is 4.90 Å². The average molecular weight is 249 g/mol. The molecule has 0 bridgehead atoms. The highest BCUT2D eigenvalue weighted by atomic mass is 35.5. The van der Waals surface area contributed by atoms with Gasteiger partial charge in [0.25, 0.3) is 5.91 Å². The topological polar surface area (TPSA) is 55.6 Å². The molecule has 2 rings (SSSR count). The molecular formula is C11H21ClN2O2. The number of nitrogens with two attached hydrogens (primary N) is 1. The van der Waals surface area contributed by atoms with Crippen LogP contribution >= 0.6 is 12.4 Å². The van der Waals surface area contributed by atoms with Crippen molar-refractivity contribution in [3.05, 3.63) is 0 Å². The van der Waals surface area contributed by atoms with E-state index in [1.54, 1.807) is 0 Å². The van der Waals surface area contributed by atoms with Gasteiger partial charge >= 0.3 is 0 Å². The predicted molar refractivity (Wildman–Crippen MR) is 64.6 cm³/mol. The quantitative estimate of drug-likeness (QED) is 0.791. The maximum Gasteiger partial charge on any atom is 0.251 e. The van der Waals surface area contributed by atoms with E-state index in [4.69, 9.17) is 10.5 Å². The Morgan fingerprint density at radius 1 is 1.44 bits per heavy atom. The maximum absolute atomic E-state index is 12.0. The number of amides is 1. The summed E-state index contributed by atoms with van der Waals surface area (Å²) in [5.41, 5.74) is 5.78. The normalized spacial score (nSPS) is 33.9. The molecule has 2 saturated heterocycles. The molecule has 2 aliphatic heterocycles. The third kappa shape index (κ3) is 2.87. The molecule has 0 aromatic rings. The summed E-state index contributed by atoms with van der Waals surface area (Å²) in [6, 6.07) is 0.164. The molecule has 1 amide bonds. The van der Waals surface area contributed by atoms with E-state index >= 15 is 0 Å². The first-order valence-corrected chi connectivity index (χ1v) is 5.90. The largest absolute Gasteiger partial charge is 0.365 e. The summed E-state index contributed by atoms with van der Waals surface area (Å²) in [7, 11) is 0. The molecule has 0 aliphatic carbocycles. The Morgan fingerprint density at radius 2 is 2.19 bits per heavy atom. The van der Waals surface area contributed by atoms with Gasteiger partial charge in [0.1, 0.15) is 6.10 Å². The van der Waals surface area contributed by atoms with Crippen LogP contribution in [0.3, 0.4) is 0 Å². The van der Waals surface area contributed by atoms with Gasteiger partial charge in [0.2, 0.25) is 0 Å². The maximum atomic E-state index is 12.0. The number of rotatable bonds is 2. The van der Waals surface area contributed by atoms with Crippen molar-refractivity contribution < 1.29 is 9.53 Å². The zero-order valence-corrected chi connectivity index (χ0v) is 10.5. The molecule has 0 spiro atoms. The smallest absolute Gasteiger partial charge is 0.251 e. The van der Waals surface area contributed by atoms with Crippen molar-refractivity contribution in [2.24, 2.45) is 5.73 Å². The van der Waals surface area contributed by atoms with Crippen molar-refractivity contribution in [3.63, 3.8) is 0 Å². The average Bonchev–Trinajstić information content (AvgIpc) is 2.84. The fourth-order valence-corrected chi connectivity index (χ4v) is 2.38. The van der Waals surface area contributed by atoms with Crippen LogP contribution in [0.2, 0.25) is 0 Å². The highest BCUT2D eigenvalue weighted by molar-refractivity contribution is 5.85. The van der Waals surface area contributed by atoms with Crippen LogP contribution in [-0.4, -0.2) is 42.1 Å². The summed E-state index contributed by atoms with van der Waals surface area (Å²) in [4.78, 5) is 13.9. The van der Waals surface area contributed by atoms with Crippen LogP contribution in [0.1, 0.15) is 32.6 Å². The van der Waals surface area contributed by atoms with Crippen molar-refractivity contribution in [1.29, 1.82) is 0 Å². The van der Waals surface area contributed by atoms with Crippen LogP contribution in [0.5, 0.6) is 0 Å². The molecule has 0 radical (unpaired) electrons. The van der Waals surface area contributed by atoms with E-state index in [9.17, 15) is 4.79 Å². The van der Waals surface area contributed by atoms with E-state index in [-0.39, 0.29) is 36.6 Å². The SMILES string of the molecule is CCC1CCC(C(=O)N2CC[C@H](N)C2)O1.Cl. The Hall–Kier alpha value is -0.320.